The Morgan fingerprint density at radius 2 is 2.11 bits per heavy atom. The van der Waals surface area contributed by atoms with Crippen LogP contribution in [0.1, 0.15) is 43.8 Å². The minimum atomic E-state index is 0.757. The molecule has 1 rings (SSSR count). The molecule has 0 atom stereocenters. The number of hydrogen-bond donors (Lipinski definition) is 1. The molecule has 0 aliphatic rings. The van der Waals surface area contributed by atoms with Gasteiger partial charge in [-0.25, -0.2) is 4.98 Å². The average molecular weight is 283 g/mol. The van der Waals surface area contributed by atoms with Crippen LogP contribution in [0, 0.1) is 12.8 Å². The number of nitrogens with one attached hydrogen (secondary N) is 1. The highest BCUT2D eigenvalue weighted by Gasteiger charge is 2.03. The second-order valence-electron chi connectivity index (χ2n) is 5.75. The Balaban J connectivity index is 1.97. The predicted octanol–water partition coefficient (Wildman–Crippen LogP) is 3.30. The molecular formula is C15H29N3S. The summed E-state index contributed by atoms with van der Waals surface area (Å²) in [7, 11) is 2.19. The fraction of sp³-hybridized carbons (Fsp3) is 0.800. The van der Waals surface area contributed by atoms with Gasteiger partial charge < -0.3 is 10.2 Å². The van der Waals surface area contributed by atoms with E-state index in [2.05, 4.69) is 48.4 Å². The van der Waals surface area contributed by atoms with Crippen LogP contribution in [0.2, 0.25) is 0 Å². The molecule has 0 amide bonds. The molecule has 110 valence electrons. The molecule has 0 unspecified atom stereocenters. The van der Waals surface area contributed by atoms with Crippen molar-refractivity contribution < 1.29 is 0 Å². The van der Waals surface area contributed by atoms with Gasteiger partial charge >= 0.3 is 0 Å². The number of aromatic nitrogens is 1. The van der Waals surface area contributed by atoms with Crippen molar-refractivity contribution in [3.05, 3.63) is 16.1 Å². The molecule has 3 nitrogen and oxygen atoms in total. The molecule has 0 aliphatic heterocycles. The summed E-state index contributed by atoms with van der Waals surface area (Å²) in [5.74, 6) is 0.757. The maximum atomic E-state index is 4.50. The van der Waals surface area contributed by atoms with Crippen LogP contribution in [0.25, 0.3) is 0 Å². The lowest BCUT2D eigenvalue weighted by Gasteiger charge is -2.15. The summed E-state index contributed by atoms with van der Waals surface area (Å²) in [5, 5.41) is 6.83. The SMILES string of the molecule is Cc1nc(CN(C)CCCCCNCC(C)C)cs1. The first-order valence-electron chi connectivity index (χ1n) is 7.38. The summed E-state index contributed by atoms with van der Waals surface area (Å²) in [4.78, 5) is 6.87. The van der Waals surface area contributed by atoms with Gasteiger partial charge in [0.2, 0.25) is 0 Å². The van der Waals surface area contributed by atoms with E-state index in [1.54, 1.807) is 11.3 Å². The second-order valence-corrected chi connectivity index (χ2v) is 6.82. The number of rotatable bonds is 10. The Morgan fingerprint density at radius 1 is 1.32 bits per heavy atom. The van der Waals surface area contributed by atoms with Crippen LogP contribution in [0.3, 0.4) is 0 Å². The zero-order valence-corrected chi connectivity index (χ0v) is 13.7. The van der Waals surface area contributed by atoms with Gasteiger partial charge in [-0.15, -0.1) is 11.3 Å². The van der Waals surface area contributed by atoms with E-state index < -0.39 is 0 Å². The third-order valence-electron chi connectivity index (χ3n) is 3.04. The maximum Gasteiger partial charge on any atom is 0.0897 e. The van der Waals surface area contributed by atoms with Gasteiger partial charge in [-0.3, -0.25) is 0 Å². The third-order valence-corrected chi connectivity index (χ3v) is 3.87. The summed E-state index contributed by atoms with van der Waals surface area (Å²) in [6, 6.07) is 0. The van der Waals surface area contributed by atoms with Crippen LogP contribution in [0.15, 0.2) is 5.38 Å². The van der Waals surface area contributed by atoms with Crippen molar-refractivity contribution in [1.29, 1.82) is 0 Å². The monoisotopic (exact) mass is 283 g/mol. The average Bonchev–Trinajstić information content (AvgIpc) is 2.73. The van der Waals surface area contributed by atoms with Crippen LogP contribution >= 0.6 is 11.3 Å². The van der Waals surface area contributed by atoms with E-state index in [1.807, 2.05) is 0 Å². The van der Waals surface area contributed by atoms with Gasteiger partial charge in [0.25, 0.3) is 0 Å². The van der Waals surface area contributed by atoms with Crippen LogP contribution in [0.4, 0.5) is 0 Å². The van der Waals surface area contributed by atoms with Crippen molar-refractivity contribution in [2.75, 3.05) is 26.7 Å². The van der Waals surface area contributed by atoms with E-state index >= 15 is 0 Å². The van der Waals surface area contributed by atoms with Crippen molar-refractivity contribution in [2.45, 2.75) is 46.6 Å². The van der Waals surface area contributed by atoms with E-state index in [9.17, 15) is 0 Å². The number of unbranched alkanes of at least 4 members (excludes halogenated alkanes) is 2. The zero-order valence-electron chi connectivity index (χ0n) is 12.9. The van der Waals surface area contributed by atoms with E-state index in [0.717, 1.165) is 25.6 Å². The molecule has 0 saturated heterocycles. The van der Waals surface area contributed by atoms with Gasteiger partial charge in [0.15, 0.2) is 0 Å². The molecule has 1 aromatic rings. The van der Waals surface area contributed by atoms with Gasteiger partial charge in [0.1, 0.15) is 0 Å². The van der Waals surface area contributed by atoms with Crippen molar-refractivity contribution in [3.63, 3.8) is 0 Å². The standard InChI is InChI=1S/C15H29N3S/c1-13(2)10-16-8-6-5-7-9-18(4)11-15-12-19-14(3)17-15/h12-13,16H,5-11H2,1-4H3. The highest BCUT2D eigenvalue weighted by molar-refractivity contribution is 7.09. The van der Waals surface area contributed by atoms with Gasteiger partial charge in [0.05, 0.1) is 10.7 Å². The van der Waals surface area contributed by atoms with Gasteiger partial charge in [-0.2, -0.15) is 0 Å². The number of aryl methyl sites for hydroxylation is 1. The molecule has 0 fully saturated rings. The van der Waals surface area contributed by atoms with Gasteiger partial charge in [-0.05, 0) is 52.4 Å². The van der Waals surface area contributed by atoms with E-state index in [1.165, 1.54) is 36.5 Å². The number of hydrogen-bond acceptors (Lipinski definition) is 4. The van der Waals surface area contributed by atoms with Crippen LogP contribution < -0.4 is 5.32 Å². The first kappa shape index (κ1) is 16.6. The highest BCUT2D eigenvalue weighted by Crippen LogP contribution is 2.10. The lowest BCUT2D eigenvalue weighted by molar-refractivity contribution is 0.313. The summed E-state index contributed by atoms with van der Waals surface area (Å²) in [5.41, 5.74) is 1.21. The minimum Gasteiger partial charge on any atom is -0.316 e. The summed E-state index contributed by atoms with van der Waals surface area (Å²) in [6.07, 6.45) is 3.88. The molecule has 1 N–H and O–H groups in total. The Hall–Kier alpha value is -0.450. The lowest BCUT2D eigenvalue weighted by atomic mass is 10.2. The number of nitrogens with zero attached hydrogens (tertiary/aromatic N) is 2. The molecule has 4 heteroatoms. The molecule has 19 heavy (non-hydrogen) atoms. The van der Waals surface area contributed by atoms with Gasteiger partial charge in [0, 0.05) is 11.9 Å². The quantitative estimate of drug-likeness (QED) is 0.668. The van der Waals surface area contributed by atoms with Crippen LogP contribution in [-0.2, 0) is 6.54 Å². The van der Waals surface area contributed by atoms with Gasteiger partial charge in [-0.1, -0.05) is 20.3 Å². The second kappa shape index (κ2) is 9.45. The fourth-order valence-corrected chi connectivity index (χ4v) is 2.64. The van der Waals surface area contributed by atoms with Crippen molar-refractivity contribution in [2.24, 2.45) is 5.92 Å². The topological polar surface area (TPSA) is 28.2 Å². The Kier molecular flexibility index (Phi) is 8.26. The van der Waals surface area contributed by atoms with E-state index in [0.29, 0.717) is 0 Å². The van der Waals surface area contributed by atoms with Crippen molar-refractivity contribution >= 4 is 11.3 Å². The first-order valence-corrected chi connectivity index (χ1v) is 8.26. The van der Waals surface area contributed by atoms with E-state index in [4.69, 9.17) is 0 Å². The molecule has 0 bridgehead atoms. The van der Waals surface area contributed by atoms with Crippen LogP contribution in [-0.4, -0.2) is 36.6 Å². The molecule has 0 aromatic carbocycles. The lowest BCUT2D eigenvalue weighted by Crippen LogP contribution is -2.22. The smallest absolute Gasteiger partial charge is 0.0897 e. The third kappa shape index (κ3) is 8.35. The highest BCUT2D eigenvalue weighted by atomic mass is 32.1. The van der Waals surface area contributed by atoms with Crippen molar-refractivity contribution in [3.8, 4) is 0 Å². The number of thiazole rings is 1. The molecule has 1 heterocycles. The minimum absolute atomic E-state index is 0.757. The summed E-state index contributed by atoms with van der Waals surface area (Å²) >= 11 is 1.74. The molecule has 1 aromatic heterocycles. The maximum absolute atomic E-state index is 4.50. The molecular weight excluding hydrogens is 254 g/mol. The first-order chi connectivity index (χ1) is 9.08. The predicted molar refractivity (Wildman–Crippen MR) is 84.7 cm³/mol. The molecule has 0 aliphatic carbocycles. The van der Waals surface area contributed by atoms with Crippen LogP contribution in [0.5, 0.6) is 0 Å². The Labute approximate surface area is 122 Å². The normalized spacial score (nSPS) is 11.7. The van der Waals surface area contributed by atoms with E-state index in [-0.39, 0.29) is 0 Å². The summed E-state index contributed by atoms with van der Waals surface area (Å²) in [6.45, 7) is 11.0. The molecule has 0 spiro atoms. The van der Waals surface area contributed by atoms with Crippen molar-refractivity contribution in [1.82, 2.24) is 15.2 Å². The largest absolute Gasteiger partial charge is 0.316 e. The Morgan fingerprint density at radius 3 is 2.74 bits per heavy atom. The summed E-state index contributed by atoms with van der Waals surface area (Å²) < 4.78 is 0. The molecule has 0 radical (unpaired) electrons. The zero-order chi connectivity index (χ0) is 14.1. The fourth-order valence-electron chi connectivity index (χ4n) is 2.04. The molecule has 0 saturated carbocycles. The Bertz CT molecular complexity index is 336.